The number of carboxylic acids is 1. The summed E-state index contributed by atoms with van der Waals surface area (Å²) in [6.45, 7) is 4.78. The number of anilines is 1. The van der Waals surface area contributed by atoms with Crippen molar-refractivity contribution in [3.63, 3.8) is 0 Å². The van der Waals surface area contributed by atoms with E-state index in [1.165, 1.54) is 13.8 Å². The maximum Gasteiger partial charge on any atom is 0.347 e. The van der Waals surface area contributed by atoms with E-state index in [1.54, 1.807) is 19.2 Å². The molecule has 3 aromatic carbocycles. The zero-order valence-electron chi connectivity index (χ0n) is 20.6. The van der Waals surface area contributed by atoms with E-state index >= 15 is 0 Å². The second-order valence-corrected chi connectivity index (χ2v) is 8.82. The van der Waals surface area contributed by atoms with Crippen LogP contribution in [-0.2, 0) is 11.3 Å². The minimum Gasteiger partial charge on any atom is -0.497 e. The number of carboxylic acid groups (broad SMARTS) is 1. The molecule has 4 rings (SSSR count). The van der Waals surface area contributed by atoms with Crippen molar-refractivity contribution >= 4 is 23.1 Å². The summed E-state index contributed by atoms with van der Waals surface area (Å²) in [5.41, 5.74) is 1.22. The van der Waals surface area contributed by atoms with Gasteiger partial charge in [0, 0.05) is 13.1 Å². The van der Waals surface area contributed by atoms with Gasteiger partial charge in [-0.15, -0.1) is 0 Å². The van der Waals surface area contributed by atoms with Crippen LogP contribution in [0.25, 0.3) is 11.1 Å². The van der Waals surface area contributed by atoms with Gasteiger partial charge in [-0.1, -0.05) is 24.3 Å². The highest BCUT2D eigenvalue weighted by atomic mass is 16.5. The third-order valence-electron chi connectivity index (χ3n) is 5.64. The molecular formula is C28H30N2O6. The van der Waals surface area contributed by atoms with Crippen LogP contribution in [0.4, 0.5) is 6.01 Å². The van der Waals surface area contributed by atoms with E-state index in [-0.39, 0.29) is 0 Å². The summed E-state index contributed by atoms with van der Waals surface area (Å²) in [7, 11) is 1.63. The summed E-state index contributed by atoms with van der Waals surface area (Å²) < 4.78 is 22.7. The highest BCUT2D eigenvalue weighted by molar-refractivity contribution is 5.76. The lowest BCUT2D eigenvalue weighted by atomic mass is 10.1. The Kier molecular flexibility index (Phi) is 7.63. The fraction of sp³-hybridized carbons (Fsp3) is 0.286. The normalized spacial score (nSPS) is 11.3. The molecule has 36 heavy (non-hydrogen) atoms. The van der Waals surface area contributed by atoms with E-state index in [0.717, 1.165) is 34.6 Å². The van der Waals surface area contributed by atoms with Crippen LogP contribution >= 0.6 is 0 Å². The fourth-order valence-corrected chi connectivity index (χ4v) is 3.58. The molecule has 0 unspecified atom stereocenters. The molecule has 188 valence electrons. The molecule has 4 aromatic rings. The number of para-hydroxylation sites is 2. The summed E-state index contributed by atoms with van der Waals surface area (Å²) >= 11 is 0. The predicted molar refractivity (Wildman–Crippen MR) is 137 cm³/mol. The van der Waals surface area contributed by atoms with Gasteiger partial charge in [0.2, 0.25) is 0 Å². The number of aliphatic carboxylic acids is 1. The second-order valence-electron chi connectivity index (χ2n) is 8.82. The van der Waals surface area contributed by atoms with Crippen LogP contribution < -0.4 is 19.1 Å². The van der Waals surface area contributed by atoms with Gasteiger partial charge in [-0.25, -0.2) is 4.79 Å². The summed E-state index contributed by atoms with van der Waals surface area (Å²) in [6.07, 6.45) is 0.749. The SMILES string of the molecule is COc1ccc(OCCCN(Cc2ccc(OC(C)(C)C(=O)O)cc2)c2nc3ccccc3o2)cc1. The van der Waals surface area contributed by atoms with Gasteiger partial charge in [-0.05, 0) is 74.4 Å². The molecule has 0 aliphatic heterocycles. The third-order valence-corrected chi connectivity index (χ3v) is 5.64. The molecule has 0 fully saturated rings. The lowest BCUT2D eigenvalue weighted by Gasteiger charge is -2.23. The smallest absolute Gasteiger partial charge is 0.347 e. The summed E-state index contributed by atoms with van der Waals surface area (Å²) in [4.78, 5) is 18.1. The van der Waals surface area contributed by atoms with Crippen LogP contribution in [0.15, 0.2) is 77.2 Å². The van der Waals surface area contributed by atoms with E-state index in [4.69, 9.17) is 18.6 Å². The molecule has 0 amide bonds. The van der Waals surface area contributed by atoms with E-state index in [2.05, 4.69) is 9.88 Å². The van der Waals surface area contributed by atoms with Gasteiger partial charge in [-0.3, -0.25) is 0 Å². The van der Waals surface area contributed by atoms with Crippen molar-refractivity contribution in [3.05, 3.63) is 78.4 Å². The Balaban J connectivity index is 1.43. The first kappa shape index (κ1) is 24.9. The van der Waals surface area contributed by atoms with Gasteiger partial charge in [0.15, 0.2) is 11.2 Å². The molecule has 1 N–H and O–H groups in total. The van der Waals surface area contributed by atoms with Crippen molar-refractivity contribution in [1.82, 2.24) is 4.98 Å². The first-order valence-electron chi connectivity index (χ1n) is 11.7. The number of benzene rings is 3. The van der Waals surface area contributed by atoms with E-state index < -0.39 is 11.6 Å². The zero-order chi connectivity index (χ0) is 25.5. The predicted octanol–water partition coefficient (Wildman–Crippen LogP) is 5.55. The number of ether oxygens (including phenoxy) is 3. The Bertz CT molecular complexity index is 1250. The molecule has 8 heteroatoms. The standard InChI is InChI=1S/C28H30N2O6/c1-28(2,26(31)32)36-23-11-9-20(10-12-23)19-30(27-29-24-7-4-5-8-25(24)35-27)17-6-18-34-22-15-13-21(33-3)14-16-22/h4-5,7-16H,6,17-19H2,1-3H3,(H,31,32). The minimum absolute atomic E-state index is 0.493. The Morgan fingerprint density at radius 3 is 2.31 bits per heavy atom. The van der Waals surface area contributed by atoms with Crippen LogP contribution in [0.5, 0.6) is 17.2 Å². The number of nitrogens with zero attached hydrogens (tertiary/aromatic N) is 2. The van der Waals surface area contributed by atoms with Crippen molar-refractivity contribution in [2.45, 2.75) is 32.4 Å². The molecule has 0 aliphatic rings. The van der Waals surface area contributed by atoms with Crippen molar-refractivity contribution in [2.24, 2.45) is 0 Å². The fourth-order valence-electron chi connectivity index (χ4n) is 3.58. The number of carbonyl (C=O) groups is 1. The van der Waals surface area contributed by atoms with Crippen LogP contribution in [0, 0.1) is 0 Å². The molecule has 0 spiro atoms. The molecule has 0 saturated carbocycles. The maximum absolute atomic E-state index is 11.3. The molecule has 0 atom stereocenters. The van der Waals surface area contributed by atoms with Crippen LogP contribution in [0.1, 0.15) is 25.8 Å². The number of fused-ring (bicyclic) bond motifs is 1. The van der Waals surface area contributed by atoms with Crippen molar-refractivity contribution < 1.29 is 28.5 Å². The quantitative estimate of drug-likeness (QED) is 0.258. The van der Waals surface area contributed by atoms with Gasteiger partial charge in [0.05, 0.1) is 13.7 Å². The molecule has 0 saturated heterocycles. The molecule has 0 radical (unpaired) electrons. The van der Waals surface area contributed by atoms with Gasteiger partial charge in [0.25, 0.3) is 6.01 Å². The van der Waals surface area contributed by atoms with E-state index in [9.17, 15) is 9.90 Å². The maximum atomic E-state index is 11.3. The summed E-state index contributed by atoms with van der Waals surface area (Å²) in [6, 6.07) is 23.1. The van der Waals surface area contributed by atoms with Crippen molar-refractivity contribution in [3.8, 4) is 17.2 Å². The number of hydrogen-bond donors (Lipinski definition) is 1. The number of aromatic nitrogens is 1. The highest BCUT2D eigenvalue weighted by Gasteiger charge is 2.29. The second kappa shape index (κ2) is 11.0. The van der Waals surface area contributed by atoms with E-state index in [1.807, 2.05) is 60.7 Å². The zero-order valence-corrected chi connectivity index (χ0v) is 20.6. The highest BCUT2D eigenvalue weighted by Crippen LogP contribution is 2.25. The van der Waals surface area contributed by atoms with Crippen LogP contribution in [0.2, 0.25) is 0 Å². The first-order valence-corrected chi connectivity index (χ1v) is 11.7. The average molecular weight is 491 g/mol. The van der Waals surface area contributed by atoms with Gasteiger partial charge in [0.1, 0.15) is 22.8 Å². The lowest BCUT2D eigenvalue weighted by Crippen LogP contribution is -2.37. The monoisotopic (exact) mass is 490 g/mol. The Morgan fingerprint density at radius 1 is 0.972 bits per heavy atom. The number of hydrogen-bond acceptors (Lipinski definition) is 7. The number of oxazole rings is 1. The van der Waals surface area contributed by atoms with Gasteiger partial charge < -0.3 is 28.6 Å². The topological polar surface area (TPSA) is 94.3 Å². The molecule has 0 aliphatic carbocycles. The Labute approximate surface area is 210 Å². The Hall–Kier alpha value is -4.20. The summed E-state index contributed by atoms with van der Waals surface area (Å²) in [5.74, 6) is 1.04. The Morgan fingerprint density at radius 2 is 1.64 bits per heavy atom. The molecule has 1 aromatic heterocycles. The van der Waals surface area contributed by atoms with Crippen molar-refractivity contribution in [2.75, 3.05) is 25.2 Å². The van der Waals surface area contributed by atoms with Crippen LogP contribution in [-0.4, -0.2) is 41.9 Å². The summed E-state index contributed by atoms with van der Waals surface area (Å²) in [5, 5.41) is 9.30. The molecule has 1 heterocycles. The van der Waals surface area contributed by atoms with Crippen LogP contribution in [0.3, 0.4) is 0 Å². The van der Waals surface area contributed by atoms with Gasteiger partial charge in [-0.2, -0.15) is 4.98 Å². The minimum atomic E-state index is -1.31. The van der Waals surface area contributed by atoms with Gasteiger partial charge >= 0.3 is 5.97 Å². The largest absolute Gasteiger partial charge is 0.497 e. The van der Waals surface area contributed by atoms with E-state index in [0.29, 0.717) is 31.5 Å². The molecule has 0 bridgehead atoms. The van der Waals surface area contributed by atoms with Crippen molar-refractivity contribution in [1.29, 1.82) is 0 Å². The first-order chi connectivity index (χ1) is 17.3. The molecular weight excluding hydrogens is 460 g/mol. The molecule has 8 nitrogen and oxygen atoms in total. The lowest BCUT2D eigenvalue weighted by molar-refractivity contribution is -0.152. The number of rotatable bonds is 12. The number of methoxy groups -OCH3 is 1. The third kappa shape index (κ3) is 6.27. The average Bonchev–Trinajstić information content (AvgIpc) is 3.31.